The summed E-state index contributed by atoms with van der Waals surface area (Å²) < 4.78 is 0. The molecule has 6 heteroatoms. The molecule has 1 aromatic heterocycles. The number of nitrogens with one attached hydrogen (secondary N) is 2. The molecule has 1 fully saturated rings. The third-order valence-corrected chi connectivity index (χ3v) is 4.10. The zero-order chi connectivity index (χ0) is 15.9. The van der Waals surface area contributed by atoms with Gasteiger partial charge >= 0.3 is 0 Å². The van der Waals surface area contributed by atoms with Crippen LogP contribution in [-0.4, -0.2) is 43.7 Å². The summed E-state index contributed by atoms with van der Waals surface area (Å²) in [5.74, 6) is 2.44. The van der Waals surface area contributed by atoms with Crippen molar-refractivity contribution in [2.75, 3.05) is 31.6 Å². The minimum Gasteiger partial charge on any atom is -0.356 e. The van der Waals surface area contributed by atoms with E-state index in [1.165, 1.54) is 0 Å². The van der Waals surface area contributed by atoms with E-state index in [9.17, 15) is 0 Å². The minimum absolute atomic E-state index is 0.364. The van der Waals surface area contributed by atoms with Crippen LogP contribution in [0.5, 0.6) is 0 Å². The van der Waals surface area contributed by atoms with Crippen LogP contribution in [0.1, 0.15) is 26.7 Å². The quantitative estimate of drug-likeness (QED) is 0.646. The normalized spacial score (nSPS) is 18.9. The topological polar surface area (TPSA) is 52.6 Å². The molecule has 22 heavy (non-hydrogen) atoms. The molecule has 2 N–H and O–H groups in total. The maximum Gasteiger partial charge on any atom is 0.191 e. The Labute approximate surface area is 138 Å². The molecule has 0 amide bonds. The fourth-order valence-electron chi connectivity index (χ4n) is 2.55. The summed E-state index contributed by atoms with van der Waals surface area (Å²) >= 11 is 6.22. The van der Waals surface area contributed by atoms with Crippen LogP contribution in [0.25, 0.3) is 0 Å². The Morgan fingerprint density at radius 2 is 2.36 bits per heavy atom. The number of anilines is 1. The van der Waals surface area contributed by atoms with Crippen molar-refractivity contribution >= 4 is 23.4 Å². The summed E-state index contributed by atoms with van der Waals surface area (Å²) in [6, 6.07) is 4.11. The molecule has 2 rings (SSSR count). The van der Waals surface area contributed by atoms with E-state index in [0.717, 1.165) is 44.3 Å². The highest BCUT2D eigenvalue weighted by Gasteiger charge is 2.25. The minimum atomic E-state index is 0.364. The maximum absolute atomic E-state index is 6.22. The van der Waals surface area contributed by atoms with Gasteiger partial charge in [-0.25, -0.2) is 4.98 Å². The lowest BCUT2D eigenvalue weighted by molar-refractivity contribution is 0.567. The van der Waals surface area contributed by atoms with E-state index in [4.69, 9.17) is 11.6 Å². The lowest BCUT2D eigenvalue weighted by Gasteiger charge is -2.20. The molecule has 1 saturated heterocycles. The molecule has 0 aromatic carbocycles. The standard InChI is InChI=1S/C16H26ClN5/c1-12(2)6-9-20-16(18-3)21-13-7-10-22(11-13)15-14(17)5-4-8-19-15/h4-5,8,12-13H,6-7,9-11H2,1-3H3,(H2,18,20,21). The van der Waals surface area contributed by atoms with Gasteiger partial charge in [0.2, 0.25) is 0 Å². The largest absolute Gasteiger partial charge is 0.356 e. The van der Waals surface area contributed by atoms with Crippen LogP contribution in [-0.2, 0) is 0 Å². The second-order valence-corrected chi connectivity index (χ2v) is 6.47. The first kappa shape index (κ1) is 16.9. The molecule has 0 radical (unpaired) electrons. The highest BCUT2D eigenvalue weighted by Crippen LogP contribution is 2.25. The van der Waals surface area contributed by atoms with Crippen molar-refractivity contribution in [2.24, 2.45) is 10.9 Å². The number of aromatic nitrogens is 1. The fourth-order valence-corrected chi connectivity index (χ4v) is 2.79. The van der Waals surface area contributed by atoms with Gasteiger partial charge in [0.25, 0.3) is 0 Å². The molecule has 1 aliphatic rings. The number of hydrogen-bond acceptors (Lipinski definition) is 3. The van der Waals surface area contributed by atoms with E-state index in [1.54, 1.807) is 6.20 Å². The Bertz CT molecular complexity index is 503. The molecule has 2 heterocycles. The first-order valence-corrected chi connectivity index (χ1v) is 8.30. The predicted molar refractivity (Wildman–Crippen MR) is 93.8 cm³/mol. The van der Waals surface area contributed by atoms with Gasteiger partial charge in [-0.2, -0.15) is 0 Å². The van der Waals surface area contributed by atoms with Gasteiger partial charge in [0.05, 0.1) is 5.02 Å². The van der Waals surface area contributed by atoms with Crippen molar-refractivity contribution in [3.8, 4) is 0 Å². The monoisotopic (exact) mass is 323 g/mol. The molecule has 1 aliphatic heterocycles. The van der Waals surface area contributed by atoms with Gasteiger partial charge in [-0.05, 0) is 30.9 Å². The number of rotatable bonds is 5. The average molecular weight is 324 g/mol. The van der Waals surface area contributed by atoms with Gasteiger partial charge in [-0.3, -0.25) is 4.99 Å². The van der Waals surface area contributed by atoms with Crippen molar-refractivity contribution in [1.29, 1.82) is 0 Å². The van der Waals surface area contributed by atoms with Crippen molar-refractivity contribution in [1.82, 2.24) is 15.6 Å². The van der Waals surface area contributed by atoms with E-state index < -0.39 is 0 Å². The third-order valence-electron chi connectivity index (χ3n) is 3.81. The van der Waals surface area contributed by atoms with Crippen LogP contribution in [0.15, 0.2) is 23.3 Å². The Kier molecular flexibility index (Phi) is 6.31. The number of nitrogens with zero attached hydrogens (tertiary/aromatic N) is 3. The van der Waals surface area contributed by atoms with E-state index >= 15 is 0 Å². The van der Waals surface area contributed by atoms with Crippen LogP contribution < -0.4 is 15.5 Å². The van der Waals surface area contributed by atoms with Gasteiger partial charge in [0.15, 0.2) is 5.96 Å². The number of aliphatic imine (C=N–C) groups is 1. The van der Waals surface area contributed by atoms with Crippen molar-refractivity contribution in [3.63, 3.8) is 0 Å². The predicted octanol–water partition coefficient (Wildman–Crippen LogP) is 2.52. The van der Waals surface area contributed by atoms with Crippen LogP contribution in [0.3, 0.4) is 0 Å². The SMILES string of the molecule is CN=C(NCCC(C)C)NC1CCN(c2ncccc2Cl)C1. The lowest BCUT2D eigenvalue weighted by Crippen LogP contribution is -2.45. The Morgan fingerprint density at radius 3 is 3.05 bits per heavy atom. The van der Waals surface area contributed by atoms with Gasteiger partial charge < -0.3 is 15.5 Å². The molecule has 0 bridgehead atoms. The Hall–Kier alpha value is -1.49. The van der Waals surface area contributed by atoms with Crippen LogP contribution in [0.2, 0.25) is 5.02 Å². The van der Waals surface area contributed by atoms with Crippen molar-refractivity contribution < 1.29 is 0 Å². The molecule has 0 saturated carbocycles. The van der Waals surface area contributed by atoms with Crippen LogP contribution in [0, 0.1) is 5.92 Å². The van der Waals surface area contributed by atoms with Crippen molar-refractivity contribution in [2.45, 2.75) is 32.7 Å². The smallest absolute Gasteiger partial charge is 0.191 e. The lowest BCUT2D eigenvalue weighted by atomic mass is 10.1. The first-order valence-electron chi connectivity index (χ1n) is 7.92. The average Bonchev–Trinajstić information content (AvgIpc) is 2.94. The summed E-state index contributed by atoms with van der Waals surface area (Å²) in [4.78, 5) is 10.9. The summed E-state index contributed by atoms with van der Waals surface area (Å²) in [6.07, 6.45) is 3.98. The fraction of sp³-hybridized carbons (Fsp3) is 0.625. The number of hydrogen-bond donors (Lipinski definition) is 2. The second kappa shape index (κ2) is 8.22. The van der Waals surface area contributed by atoms with Crippen LogP contribution in [0.4, 0.5) is 5.82 Å². The van der Waals surface area contributed by atoms with Crippen molar-refractivity contribution in [3.05, 3.63) is 23.4 Å². The summed E-state index contributed by atoms with van der Waals surface area (Å²) in [5, 5.41) is 7.57. The Morgan fingerprint density at radius 1 is 1.55 bits per heavy atom. The van der Waals surface area contributed by atoms with E-state index in [0.29, 0.717) is 17.0 Å². The van der Waals surface area contributed by atoms with Crippen LogP contribution >= 0.6 is 11.6 Å². The molecular formula is C16H26ClN5. The van der Waals surface area contributed by atoms with Gasteiger partial charge in [0.1, 0.15) is 5.82 Å². The summed E-state index contributed by atoms with van der Waals surface area (Å²) in [5.41, 5.74) is 0. The molecule has 0 aliphatic carbocycles. The summed E-state index contributed by atoms with van der Waals surface area (Å²) in [6.45, 7) is 7.24. The highest BCUT2D eigenvalue weighted by atomic mass is 35.5. The number of guanidine groups is 1. The molecule has 1 atom stereocenters. The Balaban J connectivity index is 1.84. The number of pyridine rings is 1. The number of halogens is 1. The van der Waals surface area contributed by atoms with E-state index in [2.05, 4.69) is 39.4 Å². The third kappa shape index (κ3) is 4.77. The molecule has 1 aromatic rings. The molecule has 122 valence electrons. The zero-order valence-corrected chi connectivity index (χ0v) is 14.4. The van der Waals surface area contributed by atoms with E-state index in [1.807, 2.05) is 19.2 Å². The van der Waals surface area contributed by atoms with E-state index in [-0.39, 0.29) is 0 Å². The first-order chi connectivity index (χ1) is 10.6. The maximum atomic E-state index is 6.22. The zero-order valence-electron chi connectivity index (χ0n) is 13.6. The summed E-state index contributed by atoms with van der Waals surface area (Å²) in [7, 11) is 1.81. The molecule has 0 spiro atoms. The second-order valence-electron chi connectivity index (χ2n) is 6.07. The molecular weight excluding hydrogens is 298 g/mol. The highest BCUT2D eigenvalue weighted by molar-refractivity contribution is 6.32. The van der Waals surface area contributed by atoms with Gasteiger partial charge in [-0.15, -0.1) is 0 Å². The van der Waals surface area contributed by atoms with Gasteiger partial charge in [0, 0.05) is 38.9 Å². The molecule has 1 unspecified atom stereocenters. The molecule has 5 nitrogen and oxygen atoms in total. The van der Waals surface area contributed by atoms with Gasteiger partial charge in [-0.1, -0.05) is 25.4 Å².